The lowest BCUT2D eigenvalue weighted by molar-refractivity contribution is 0.346. The van der Waals surface area contributed by atoms with Crippen LogP contribution in [0.25, 0.3) is 0 Å². The zero-order chi connectivity index (χ0) is 12.6. The van der Waals surface area contributed by atoms with Crippen LogP contribution in [0.1, 0.15) is 25.7 Å². The SMILES string of the molecule is COc1cc2c(cc1F)NCC1(CCCC1)CN2. The van der Waals surface area contributed by atoms with Crippen LogP contribution >= 0.6 is 0 Å². The lowest BCUT2D eigenvalue weighted by atomic mass is 9.86. The first kappa shape index (κ1) is 11.6. The fourth-order valence-electron chi connectivity index (χ4n) is 3.11. The van der Waals surface area contributed by atoms with Crippen LogP contribution < -0.4 is 15.4 Å². The first-order valence-corrected chi connectivity index (χ1v) is 6.58. The number of benzene rings is 1. The van der Waals surface area contributed by atoms with Gasteiger partial charge in [0.15, 0.2) is 11.6 Å². The maximum atomic E-state index is 13.7. The molecule has 0 bridgehead atoms. The van der Waals surface area contributed by atoms with E-state index in [4.69, 9.17) is 4.74 Å². The zero-order valence-corrected chi connectivity index (χ0v) is 10.7. The van der Waals surface area contributed by atoms with Gasteiger partial charge in [0.2, 0.25) is 0 Å². The summed E-state index contributed by atoms with van der Waals surface area (Å²) in [7, 11) is 1.49. The van der Waals surface area contributed by atoms with Crippen molar-refractivity contribution < 1.29 is 9.13 Å². The third kappa shape index (κ3) is 1.89. The number of fused-ring (bicyclic) bond motifs is 1. The maximum absolute atomic E-state index is 13.7. The molecule has 1 aromatic rings. The molecule has 2 aliphatic rings. The average Bonchev–Trinajstić information content (AvgIpc) is 2.76. The topological polar surface area (TPSA) is 33.3 Å². The molecule has 0 amide bonds. The van der Waals surface area contributed by atoms with Gasteiger partial charge in [0.25, 0.3) is 0 Å². The molecule has 18 heavy (non-hydrogen) atoms. The molecule has 0 atom stereocenters. The molecule has 1 aliphatic carbocycles. The average molecular weight is 250 g/mol. The Hall–Kier alpha value is -1.45. The van der Waals surface area contributed by atoms with Gasteiger partial charge in [-0.3, -0.25) is 0 Å². The van der Waals surface area contributed by atoms with Crippen molar-refractivity contribution in [1.29, 1.82) is 0 Å². The molecule has 0 saturated heterocycles. The summed E-state index contributed by atoms with van der Waals surface area (Å²) in [5.41, 5.74) is 2.12. The molecule has 1 saturated carbocycles. The summed E-state index contributed by atoms with van der Waals surface area (Å²) in [6, 6.07) is 3.26. The summed E-state index contributed by atoms with van der Waals surface area (Å²) in [6.07, 6.45) is 5.11. The molecule has 1 heterocycles. The predicted octanol–water partition coefficient (Wildman–Crippen LogP) is 3.23. The molecule has 0 unspecified atom stereocenters. The van der Waals surface area contributed by atoms with Crippen molar-refractivity contribution in [2.45, 2.75) is 25.7 Å². The number of rotatable bonds is 1. The summed E-state index contributed by atoms with van der Waals surface area (Å²) < 4.78 is 18.7. The minimum atomic E-state index is -0.312. The van der Waals surface area contributed by atoms with E-state index >= 15 is 0 Å². The van der Waals surface area contributed by atoms with Crippen LogP contribution in [-0.4, -0.2) is 20.2 Å². The van der Waals surface area contributed by atoms with Crippen LogP contribution in [0.4, 0.5) is 15.8 Å². The number of ether oxygens (including phenoxy) is 1. The van der Waals surface area contributed by atoms with Gasteiger partial charge < -0.3 is 15.4 Å². The molecule has 1 aliphatic heterocycles. The Morgan fingerprint density at radius 2 is 1.72 bits per heavy atom. The number of methoxy groups -OCH3 is 1. The van der Waals surface area contributed by atoms with Gasteiger partial charge in [0.1, 0.15) is 0 Å². The zero-order valence-electron chi connectivity index (χ0n) is 10.7. The minimum Gasteiger partial charge on any atom is -0.494 e. The van der Waals surface area contributed by atoms with Crippen molar-refractivity contribution in [2.24, 2.45) is 5.41 Å². The number of hydrogen-bond acceptors (Lipinski definition) is 3. The van der Waals surface area contributed by atoms with E-state index in [0.717, 1.165) is 24.5 Å². The van der Waals surface area contributed by atoms with Gasteiger partial charge in [0, 0.05) is 30.6 Å². The molecule has 1 spiro atoms. The second-order valence-electron chi connectivity index (χ2n) is 5.45. The van der Waals surface area contributed by atoms with Gasteiger partial charge in [-0.25, -0.2) is 4.39 Å². The van der Waals surface area contributed by atoms with Crippen LogP contribution in [0.15, 0.2) is 12.1 Å². The third-order valence-electron chi connectivity index (χ3n) is 4.26. The highest BCUT2D eigenvalue weighted by Gasteiger charge is 2.35. The summed E-state index contributed by atoms with van der Waals surface area (Å²) in [5, 5.41) is 6.84. The number of hydrogen-bond donors (Lipinski definition) is 2. The smallest absolute Gasteiger partial charge is 0.167 e. The van der Waals surface area contributed by atoms with Crippen molar-refractivity contribution >= 4 is 11.4 Å². The van der Waals surface area contributed by atoms with Gasteiger partial charge in [-0.2, -0.15) is 0 Å². The monoisotopic (exact) mass is 250 g/mol. The van der Waals surface area contributed by atoms with E-state index in [9.17, 15) is 4.39 Å². The molecule has 1 fully saturated rings. The van der Waals surface area contributed by atoms with Crippen LogP contribution in [0, 0.1) is 11.2 Å². The Bertz CT molecular complexity index is 455. The molecular formula is C14H19FN2O. The van der Waals surface area contributed by atoms with E-state index in [-0.39, 0.29) is 5.82 Å². The Kier molecular flexibility index (Phi) is 2.80. The highest BCUT2D eigenvalue weighted by atomic mass is 19.1. The highest BCUT2D eigenvalue weighted by Crippen LogP contribution is 2.42. The quantitative estimate of drug-likeness (QED) is 0.802. The summed E-state index contributed by atoms with van der Waals surface area (Å²) in [6.45, 7) is 1.89. The van der Waals surface area contributed by atoms with E-state index in [1.807, 2.05) is 0 Å². The number of nitrogens with one attached hydrogen (secondary N) is 2. The molecule has 98 valence electrons. The highest BCUT2D eigenvalue weighted by molar-refractivity contribution is 5.72. The third-order valence-corrected chi connectivity index (χ3v) is 4.26. The van der Waals surface area contributed by atoms with Gasteiger partial charge >= 0.3 is 0 Å². The van der Waals surface area contributed by atoms with E-state index in [1.165, 1.54) is 38.9 Å². The van der Waals surface area contributed by atoms with Gasteiger partial charge in [-0.15, -0.1) is 0 Å². The van der Waals surface area contributed by atoms with E-state index in [2.05, 4.69) is 10.6 Å². The van der Waals surface area contributed by atoms with Crippen LogP contribution in [0.3, 0.4) is 0 Å². The largest absolute Gasteiger partial charge is 0.494 e. The molecule has 0 radical (unpaired) electrons. The van der Waals surface area contributed by atoms with Crippen molar-refractivity contribution in [2.75, 3.05) is 30.8 Å². The lowest BCUT2D eigenvalue weighted by Crippen LogP contribution is -2.31. The van der Waals surface area contributed by atoms with Crippen molar-refractivity contribution in [3.8, 4) is 5.75 Å². The van der Waals surface area contributed by atoms with Crippen LogP contribution in [0.5, 0.6) is 5.75 Å². The maximum Gasteiger partial charge on any atom is 0.167 e. The Morgan fingerprint density at radius 3 is 2.33 bits per heavy atom. The van der Waals surface area contributed by atoms with E-state index < -0.39 is 0 Å². The second-order valence-corrected chi connectivity index (χ2v) is 5.45. The van der Waals surface area contributed by atoms with Crippen molar-refractivity contribution in [3.63, 3.8) is 0 Å². The van der Waals surface area contributed by atoms with Gasteiger partial charge in [0.05, 0.1) is 18.5 Å². The molecule has 0 aromatic heterocycles. The summed E-state index contributed by atoms with van der Waals surface area (Å²) in [4.78, 5) is 0. The predicted molar refractivity (Wildman–Crippen MR) is 70.8 cm³/mol. The molecule has 3 nitrogen and oxygen atoms in total. The minimum absolute atomic E-state index is 0.297. The first-order valence-electron chi connectivity index (χ1n) is 6.58. The Labute approximate surface area is 107 Å². The fourth-order valence-corrected chi connectivity index (χ4v) is 3.11. The van der Waals surface area contributed by atoms with Gasteiger partial charge in [-0.1, -0.05) is 12.8 Å². The first-order chi connectivity index (χ1) is 8.72. The molecular weight excluding hydrogens is 231 g/mol. The Morgan fingerprint density at radius 1 is 1.11 bits per heavy atom. The van der Waals surface area contributed by atoms with Gasteiger partial charge in [-0.05, 0) is 12.8 Å². The number of halogens is 1. The summed E-state index contributed by atoms with van der Waals surface area (Å²) >= 11 is 0. The molecule has 4 heteroatoms. The van der Waals surface area contributed by atoms with Crippen molar-refractivity contribution in [3.05, 3.63) is 17.9 Å². The normalized spacial score (nSPS) is 20.8. The lowest BCUT2D eigenvalue weighted by Gasteiger charge is -2.26. The van der Waals surface area contributed by atoms with E-state index in [1.54, 1.807) is 6.07 Å². The van der Waals surface area contributed by atoms with Crippen LogP contribution in [-0.2, 0) is 0 Å². The number of anilines is 2. The van der Waals surface area contributed by atoms with Crippen LogP contribution in [0.2, 0.25) is 0 Å². The van der Waals surface area contributed by atoms with Crippen molar-refractivity contribution in [1.82, 2.24) is 0 Å². The van der Waals surface area contributed by atoms with E-state index in [0.29, 0.717) is 11.2 Å². The summed E-state index contributed by atoms with van der Waals surface area (Å²) in [5.74, 6) is -0.0154. The molecule has 3 rings (SSSR count). The second kappa shape index (κ2) is 4.34. The Balaban J connectivity index is 1.89. The standard InChI is InChI=1S/C14H19FN2O/c1-18-13-7-12-11(6-10(13)15)16-8-14(9-17-12)4-2-3-5-14/h6-7,16-17H,2-5,8-9H2,1H3. The molecule has 2 N–H and O–H groups in total. The molecule has 1 aromatic carbocycles. The fraction of sp³-hybridized carbons (Fsp3) is 0.571.